The molecule has 5 nitrogen and oxygen atoms in total. The topological polar surface area (TPSA) is 63.3 Å². The molecule has 0 atom stereocenters. The molecule has 1 fully saturated rings. The van der Waals surface area contributed by atoms with E-state index >= 15 is 0 Å². The maximum Gasteiger partial charge on any atom is 0.119 e. The van der Waals surface area contributed by atoms with Crippen molar-refractivity contribution in [2.24, 2.45) is 0 Å². The predicted molar refractivity (Wildman–Crippen MR) is 93.3 cm³/mol. The van der Waals surface area contributed by atoms with Gasteiger partial charge in [0, 0.05) is 37.6 Å². The van der Waals surface area contributed by atoms with E-state index in [9.17, 15) is 0 Å². The monoisotopic (exact) mass is 318 g/mol. The third-order valence-electron chi connectivity index (χ3n) is 4.33. The summed E-state index contributed by atoms with van der Waals surface area (Å²) in [7, 11) is 1.67. The number of nitrogens with zero attached hydrogens (tertiary/aromatic N) is 4. The first-order valence-electron chi connectivity index (χ1n) is 7.83. The van der Waals surface area contributed by atoms with Crippen LogP contribution in [-0.4, -0.2) is 33.3 Å². The number of rotatable bonds is 3. The van der Waals surface area contributed by atoms with E-state index in [0.717, 1.165) is 37.6 Å². The van der Waals surface area contributed by atoms with Crippen LogP contribution in [0.4, 0.5) is 11.4 Å². The van der Waals surface area contributed by atoms with Gasteiger partial charge in [0.1, 0.15) is 17.9 Å². The molecule has 1 aliphatic rings. The first kappa shape index (κ1) is 15.7. The summed E-state index contributed by atoms with van der Waals surface area (Å²) >= 11 is 0. The molecule has 3 rings (SSSR count). The Hall–Kier alpha value is -3.18. The van der Waals surface area contributed by atoms with Gasteiger partial charge in [0.2, 0.25) is 0 Å². The zero-order valence-corrected chi connectivity index (χ0v) is 13.6. The highest BCUT2D eigenvalue weighted by atomic mass is 16.5. The van der Waals surface area contributed by atoms with Crippen molar-refractivity contribution >= 4 is 11.4 Å². The zero-order valence-electron chi connectivity index (χ0n) is 13.6. The van der Waals surface area contributed by atoms with E-state index in [-0.39, 0.29) is 0 Å². The Morgan fingerprint density at radius 3 is 1.88 bits per heavy atom. The first-order valence-corrected chi connectivity index (χ1v) is 7.83. The number of piperazine rings is 1. The van der Waals surface area contributed by atoms with Gasteiger partial charge in [-0.3, -0.25) is 0 Å². The average molecular weight is 318 g/mol. The maximum atomic E-state index is 9.17. The van der Waals surface area contributed by atoms with Crippen molar-refractivity contribution in [3.63, 3.8) is 0 Å². The fraction of sp³-hybridized carbons (Fsp3) is 0.263. The molecular weight excluding hydrogens is 300 g/mol. The molecule has 0 bridgehead atoms. The number of ether oxygens (including phenoxy) is 1. The van der Waals surface area contributed by atoms with Crippen LogP contribution >= 0.6 is 0 Å². The summed E-state index contributed by atoms with van der Waals surface area (Å²) < 4.78 is 5.20. The normalized spacial score (nSPS) is 14.0. The molecule has 2 aromatic rings. The van der Waals surface area contributed by atoms with Crippen molar-refractivity contribution in [1.29, 1.82) is 10.5 Å². The lowest BCUT2D eigenvalue weighted by atomic mass is 10.1. The number of anilines is 2. The highest BCUT2D eigenvalue weighted by molar-refractivity contribution is 5.59. The number of methoxy groups -OCH3 is 1. The second kappa shape index (κ2) is 6.93. The summed E-state index contributed by atoms with van der Waals surface area (Å²) in [6.07, 6.45) is 0. The van der Waals surface area contributed by atoms with E-state index in [0.29, 0.717) is 11.1 Å². The van der Waals surface area contributed by atoms with Crippen molar-refractivity contribution in [1.82, 2.24) is 0 Å². The largest absolute Gasteiger partial charge is 0.497 e. The molecule has 0 radical (unpaired) electrons. The summed E-state index contributed by atoms with van der Waals surface area (Å²) in [5.74, 6) is 0.860. The molecule has 2 aromatic carbocycles. The Bertz CT molecular complexity index is 794. The summed E-state index contributed by atoms with van der Waals surface area (Å²) in [6.45, 7) is 3.58. The van der Waals surface area contributed by atoms with Crippen LogP contribution in [0.5, 0.6) is 5.75 Å². The second-order valence-electron chi connectivity index (χ2n) is 5.63. The standard InChI is InChI=1S/C19H18N4O/c1-24-19-6-4-17(5-7-19)22-8-10-23(11-9-22)18-3-2-15(13-20)16(12-18)14-21/h2-7,12H,8-11H2,1H3. The first-order chi connectivity index (χ1) is 11.7. The van der Waals surface area contributed by atoms with Gasteiger partial charge in [-0.2, -0.15) is 10.5 Å². The molecule has 1 saturated heterocycles. The van der Waals surface area contributed by atoms with E-state index < -0.39 is 0 Å². The smallest absolute Gasteiger partial charge is 0.119 e. The average Bonchev–Trinajstić information content (AvgIpc) is 2.67. The molecule has 0 unspecified atom stereocenters. The molecule has 0 N–H and O–H groups in total. The minimum Gasteiger partial charge on any atom is -0.497 e. The lowest BCUT2D eigenvalue weighted by Crippen LogP contribution is -2.46. The zero-order chi connectivity index (χ0) is 16.9. The van der Waals surface area contributed by atoms with Crippen molar-refractivity contribution in [3.8, 4) is 17.9 Å². The highest BCUT2D eigenvalue weighted by Crippen LogP contribution is 2.24. The fourth-order valence-corrected chi connectivity index (χ4v) is 2.93. The Morgan fingerprint density at radius 2 is 1.33 bits per heavy atom. The Labute approximate surface area is 141 Å². The van der Waals surface area contributed by atoms with Crippen LogP contribution in [0, 0.1) is 22.7 Å². The Morgan fingerprint density at radius 1 is 0.792 bits per heavy atom. The third kappa shape index (κ3) is 3.11. The molecule has 0 saturated carbocycles. The van der Waals surface area contributed by atoms with E-state index in [4.69, 9.17) is 15.3 Å². The van der Waals surface area contributed by atoms with Crippen molar-refractivity contribution in [2.45, 2.75) is 0 Å². The fourth-order valence-electron chi connectivity index (χ4n) is 2.93. The van der Waals surface area contributed by atoms with Crippen LogP contribution in [-0.2, 0) is 0 Å². The van der Waals surface area contributed by atoms with Gasteiger partial charge in [0.05, 0.1) is 18.2 Å². The summed E-state index contributed by atoms with van der Waals surface area (Å²) in [4.78, 5) is 4.59. The van der Waals surface area contributed by atoms with Crippen molar-refractivity contribution in [3.05, 3.63) is 53.6 Å². The summed E-state index contributed by atoms with van der Waals surface area (Å²) in [5, 5.41) is 18.2. The van der Waals surface area contributed by atoms with Gasteiger partial charge in [-0.25, -0.2) is 0 Å². The molecule has 5 heteroatoms. The second-order valence-corrected chi connectivity index (χ2v) is 5.63. The Balaban J connectivity index is 1.69. The Kier molecular flexibility index (Phi) is 4.54. The van der Waals surface area contributed by atoms with E-state index in [2.05, 4.69) is 34.1 Å². The molecule has 1 aliphatic heterocycles. The number of benzene rings is 2. The van der Waals surface area contributed by atoms with Gasteiger partial charge in [-0.1, -0.05) is 0 Å². The molecule has 0 aliphatic carbocycles. The number of hydrogen-bond acceptors (Lipinski definition) is 5. The number of hydrogen-bond donors (Lipinski definition) is 0. The lowest BCUT2D eigenvalue weighted by molar-refractivity contribution is 0.415. The predicted octanol–water partition coefficient (Wildman–Crippen LogP) is 2.77. The molecule has 1 heterocycles. The molecule has 120 valence electrons. The van der Waals surface area contributed by atoms with Gasteiger partial charge >= 0.3 is 0 Å². The van der Waals surface area contributed by atoms with E-state index in [1.807, 2.05) is 24.3 Å². The quantitative estimate of drug-likeness (QED) is 0.871. The van der Waals surface area contributed by atoms with Crippen LogP contribution in [0.3, 0.4) is 0 Å². The summed E-state index contributed by atoms with van der Waals surface area (Å²) in [6, 6.07) is 17.7. The van der Waals surface area contributed by atoms with Crippen LogP contribution in [0.1, 0.15) is 11.1 Å². The van der Waals surface area contributed by atoms with Gasteiger partial charge in [-0.05, 0) is 42.5 Å². The SMILES string of the molecule is COc1ccc(N2CCN(c3ccc(C#N)c(C#N)c3)CC2)cc1. The van der Waals surface area contributed by atoms with Gasteiger partial charge in [0.15, 0.2) is 0 Å². The van der Waals surface area contributed by atoms with Crippen LogP contribution in [0.2, 0.25) is 0 Å². The molecular formula is C19H18N4O. The van der Waals surface area contributed by atoms with Crippen LogP contribution in [0.25, 0.3) is 0 Å². The van der Waals surface area contributed by atoms with E-state index in [1.165, 1.54) is 5.69 Å². The minimum atomic E-state index is 0.429. The van der Waals surface area contributed by atoms with Gasteiger partial charge in [-0.15, -0.1) is 0 Å². The molecule has 0 spiro atoms. The number of nitriles is 2. The summed E-state index contributed by atoms with van der Waals surface area (Å²) in [5.41, 5.74) is 3.05. The molecule has 24 heavy (non-hydrogen) atoms. The van der Waals surface area contributed by atoms with Crippen LogP contribution < -0.4 is 14.5 Å². The van der Waals surface area contributed by atoms with Gasteiger partial charge < -0.3 is 14.5 Å². The van der Waals surface area contributed by atoms with Crippen molar-refractivity contribution < 1.29 is 4.74 Å². The highest BCUT2D eigenvalue weighted by Gasteiger charge is 2.18. The minimum absolute atomic E-state index is 0.429. The molecule has 0 aromatic heterocycles. The van der Waals surface area contributed by atoms with E-state index in [1.54, 1.807) is 13.2 Å². The maximum absolute atomic E-state index is 9.17. The van der Waals surface area contributed by atoms with Crippen LogP contribution in [0.15, 0.2) is 42.5 Å². The van der Waals surface area contributed by atoms with Gasteiger partial charge in [0.25, 0.3) is 0 Å². The lowest BCUT2D eigenvalue weighted by Gasteiger charge is -2.37. The molecule has 0 amide bonds. The van der Waals surface area contributed by atoms with Crippen molar-refractivity contribution in [2.75, 3.05) is 43.1 Å². The third-order valence-corrected chi connectivity index (χ3v) is 4.33.